The van der Waals surface area contributed by atoms with E-state index in [2.05, 4.69) is 0 Å². The molecule has 5 heteroatoms. The summed E-state index contributed by atoms with van der Waals surface area (Å²) >= 11 is 0. The Labute approximate surface area is 124 Å². The maximum Gasteiger partial charge on any atom is 0.337 e. The van der Waals surface area contributed by atoms with E-state index in [-0.39, 0.29) is 6.61 Å². The summed E-state index contributed by atoms with van der Waals surface area (Å²) in [6.45, 7) is 5.06. The summed E-state index contributed by atoms with van der Waals surface area (Å²) in [5, 5.41) is 19.5. The largest absolute Gasteiger partial charge is 0.478 e. The topological polar surface area (TPSA) is 88.5 Å². The molecule has 2 rings (SSSR count). The molecule has 0 bridgehead atoms. The van der Waals surface area contributed by atoms with Crippen molar-refractivity contribution < 1.29 is 15.0 Å². The van der Waals surface area contributed by atoms with Crippen LogP contribution in [0.5, 0.6) is 0 Å². The first-order valence-corrected chi connectivity index (χ1v) is 7.17. The highest BCUT2D eigenvalue weighted by Crippen LogP contribution is 2.31. The van der Waals surface area contributed by atoms with Gasteiger partial charge >= 0.3 is 5.97 Å². The molecule has 0 aliphatic carbocycles. The lowest BCUT2D eigenvalue weighted by Crippen LogP contribution is -2.13. The maximum atomic E-state index is 11.6. The van der Waals surface area contributed by atoms with Gasteiger partial charge in [-0.05, 0) is 49.9 Å². The van der Waals surface area contributed by atoms with E-state index in [1.165, 1.54) is 0 Å². The molecule has 0 saturated carbocycles. The number of nitrogens with zero attached hydrogens (tertiary/aromatic N) is 1. The van der Waals surface area contributed by atoms with Crippen LogP contribution in [-0.2, 0) is 13.0 Å². The number of nitrogens with two attached hydrogens (primary N) is 1. The molecule has 0 saturated heterocycles. The highest BCUT2D eigenvalue weighted by molar-refractivity contribution is 6.04. The van der Waals surface area contributed by atoms with Gasteiger partial charge in [0.15, 0.2) is 0 Å². The van der Waals surface area contributed by atoms with Crippen molar-refractivity contribution in [1.29, 1.82) is 0 Å². The van der Waals surface area contributed by atoms with Crippen LogP contribution in [0.25, 0.3) is 10.9 Å². The minimum atomic E-state index is -0.923. The molecule has 4 N–H and O–H groups in total. The number of aromatic carboxylic acids is 1. The number of hydrogen-bond acceptors (Lipinski definition) is 3. The van der Waals surface area contributed by atoms with Crippen molar-refractivity contribution in [2.24, 2.45) is 5.73 Å². The van der Waals surface area contributed by atoms with Gasteiger partial charge in [-0.2, -0.15) is 0 Å². The molecule has 5 nitrogen and oxygen atoms in total. The van der Waals surface area contributed by atoms with Crippen LogP contribution in [-0.4, -0.2) is 33.9 Å². The van der Waals surface area contributed by atoms with Gasteiger partial charge < -0.3 is 20.5 Å². The number of fused-ring (bicyclic) bond motifs is 1. The zero-order chi connectivity index (χ0) is 15.6. The minimum absolute atomic E-state index is 0.126. The van der Waals surface area contributed by atoms with Gasteiger partial charge in [-0.15, -0.1) is 0 Å². The smallest absolute Gasteiger partial charge is 0.337 e. The molecule has 1 aromatic heterocycles. The molecule has 0 aliphatic rings. The van der Waals surface area contributed by atoms with Crippen LogP contribution in [0.2, 0.25) is 0 Å². The number of carboxylic acids is 1. The third-order valence-electron chi connectivity index (χ3n) is 3.86. The van der Waals surface area contributed by atoms with E-state index < -0.39 is 5.97 Å². The van der Waals surface area contributed by atoms with Gasteiger partial charge in [-0.3, -0.25) is 0 Å². The number of benzene rings is 1. The second-order valence-electron chi connectivity index (χ2n) is 5.35. The number of aromatic nitrogens is 1. The quantitative estimate of drug-likeness (QED) is 0.757. The lowest BCUT2D eigenvalue weighted by molar-refractivity contribution is 0.0698. The number of aliphatic hydroxyl groups excluding tert-OH is 1. The van der Waals surface area contributed by atoms with Gasteiger partial charge in [0.25, 0.3) is 0 Å². The van der Waals surface area contributed by atoms with Crippen molar-refractivity contribution in [3.05, 3.63) is 34.5 Å². The fraction of sp³-hybridized carbons (Fsp3) is 0.438. The first-order chi connectivity index (χ1) is 10.0. The molecule has 1 aromatic carbocycles. The van der Waals surface area contributed by atoms with Gasteiger partial charge in [-0.25, -0.2) is 4.79 Å². The standard InChI is InChI=1S/C16H22N2O3/c1-10-8-13-12(4-3-7-19)11(2)18(6-5-17)15(13)14(9-10)16(20)21/h8-9,19H,3-7,17H2,1-2H3,(H,20,21). The van der Waals surface area contributed by atoms with E-state index in [0.29, 0.717) is 25.1 Å². The SMILES string of the molecule is Cc1cc(C(=O)O)c2c(c1)c(CCCO)c(C)n2CCN. The summed E-state index contributed by atoms with van der Waals surface area (Å²) in [4.78, 5) is 11.6. The Morgan fingerprint density at radius 1 is 1.33 bits per heavy atom. The Kier molecular flexibility index (Phi) is 4.65. The highest BCUT2D eigenvalue weighted by atomic mass is 16.4. The monoisotopic (exact) mass is 290 g/mol. The zero-order valence-corrected chi connectivity index (χ0v) is 12.5. The second-order valence-corrected chi connectivity index (χ2v) is 5.35. The normalized spacial score (nSPS) is 11.2. The first-order valence-electron chi connectivity index (χ1n) is 7.17. The summed E-state index contributed by atoms with van der Waals surface area (Å²) < 4.78 is 1.99. The van der Waals surface area contributed by atoms with E-state index in [9.17, 15) is 9.90 Å². The van der Waals surface area contributed by atoms with Gasteiger partial charge in [0, 0.05) is 30.8 Å². The molecule has 0 fully saturated rings. The Balaban J connectivity index is 2.79. The zero-order valence-electron chi connectivity index (χ0n) is 12.5. The Morgan fingerprint density at radius 3 is 2.62 bits per heavy atom. The van der Waals surface area contributed by atoms with Crippen LogP contribution in [0.1, 0.15) is 33.6 Å². The summed E-state index contributed by atoms with van der Waals surface area (Å²) in [5.41, 5.74) is 9.81. The van der Waals surface area contributed by atoms with Gasteiger partial charge in [0.2, 0.25) is 0 Å². The molecule has 0 aliphatic heterocycles. The average molecular weight is 290 g/mol. The molecule has 0 spiro atoms. The number of carboxylic acid groups (broad SMARTS) is 1. The number of hydrogen-bond donors (Lipinski definition) is 3. The number of aliphatic hydroxyl groups is 1. The predicted octanol–water partition coefficient (Wildman–Crippen LogP) is 1.84. The summed E-state index contributed by atoms with van der Waals surface area (Å²) in [6, 6.07) is 3.72. The van der Waals surface area contributed by atoms with Crippen LogP contribution in [0.3, 0.4) is 0 Å². The second kappa shape index (κ2) is 6.28. The van der Waals surface area contributed by atoms with Crippen molar-refractivity contribution in [3.63, 3.8) is 0 Å². The molecular weight excluding hydrogens is 268 g/mol. The average Bonchev–Trinajstić information content (AvgIpc) is 2.69. The van der Waals surface area contributed by atoms with Gasteiger partial charge in [0.05, 0.1) is 11.1 Å². The van der Waals surface area contributed by atoms with Crippen LogP contribution in [0, 0.1) is 13.8 Å². The van der Waals surface area contributed by atoms with Crippen molar-refractivity contribution >= 4 is 16.9 Å². The van der Waals surface area contributed by atoms with Crippen molar-refractivity contribution in [2.45, 2.75) is 33.2 Å². The van der Waals surface area contributed by atoms with E-state index in [0.717, 1.165) is 34.1 Å². The Bertz CT molecular complexity index is 674. The number of rotatable bonds is 6. The van der Waals surface area contributed by atoms with Crippen LogP contribution >= 0.6 is 0 Å². The van der Waals surface area contributed by atoms with E-state index in [4.69, 9.17) is 10.8 Å². The molecule has 114 valence electrons. The Morgan fingerprint density at radius 2 is 2.05 bits per heavy atom. The van der Waals surface area contributed by atoms with E-state index >= 15 is 0 Å². The van der Waals surface area contributed by atoms with Gasteiger partial charge in [-0.1, -0.05) is 0 Å². The molecule has 21 heavy (non-hydrogen) atoms. The highest BCUT2D eigenvalue weighted by Gasteiger charge is 2.19. The molecule has 0 radical (unpaired) electrons. The van der Waals surface area contributed by atoms with Crippen molar-refractivity contribution in [1.82, 2.24) is 4.57 Å². The van der Waals surface area contributed by atoms with E-state index in [1.54, 1.807) is 6.07 Å². The summed E-state index contributed by atoms with van der Waals surface area (Å²) in [5.74, 6) is -0.923. The van der Waals surface area contributed by atoms with Crippen LogP contribution in [0.15, 0.2) is 12.1 Å². The predicted molar refractivity (Wildman–Crippen MR) is 82.8 cm³/mol. The molecule has 0 unspecified atom stereocenters. The molecule has 2 aromatic rings. The van der Waals surface area contributed by atoms with E-state index in [1.807, 2.05) is 24.5 Å². The number of carbonyl (C=O) groups is 1. The summed E-state index contributed by atoms with van der Waals surface area (Å²) in [6.07, 6.45) is 1.40. The molecule has 0 atom stereocenters. The molecule has 0 amide bonds. The van der Waals surface area contributed by atoms with Crippen molar-refractivity contribution in [2.75, 3.05) is 13.2 Å². The molecular formula is C16H22N2O3. The fourth-order valence-electron chi connectivity index (χ4n) is 2.97. The fourth-order valence-corrected chi connectivity index (χ4v) is 2.97. The lowest BCUT2D eigenvalue weighted by Gasteiger charge is -2.09. The van der Waals surface area contributed by atoms with Crippen LogP contribution in [0.4, 0.5) is 0 Å². The number of aryl methyl sites for hydroxylation is 2. The summed E-state index contributed by atoms with van der Waals surface area (Å²) in [7, 11) is 0. The maximum absolute atomic E-state index is 11.6. The third-order valence-corrected chi connectivity index (χ3v) is 3.86. The lowest BCUT2D eigenvalue weighted by atomic mass is 10.0. The van der Waals surface area contributed by atoms with Crippen molar-refractivity contribution in [3.8, 4) is 0 Å². The Hall–Kier alpha value is -1.85. The van der Waals surface area contributed by atoms with Crippen LogP contribution < -0.4 is 5.73 Å². The first kappa shape index (κ1) is 15.5. The third kappa shape index (κ3) is 2.80. The molecule has 1 heterocycles. The van der Waals surface area contributed by atoms with Gasteiger partial charge in [0.1, 0.15) is 0 Å². The minimum Gasteiger partial charge on any atom is -0.478 e.